The van der Waals surface area contributed by atoms with Gasteiger partial charge in [0.25, 0.3) is 0 Å². The largest absolute Gasteiger partial charge is 0.325 e. The summed E-state index contributed by atoms with van der Waals surface area (Å²) < 4.78 is 0.981. The van der Waals surface area contributed by atoms with Crippen molar-refractivity contribution in [1.82, 2.24) is 0 Å². The molecule has 0 unspecified atom stereocenters. The highest BCUT2D eigenvalue weighted by molar-refractivity contribution is 9.10. The quantitative estimate of drug-likeness (QED) is 0.893. The van der Waals surface area contributed by atoms with E-state index in [1.54, 1.807) is 4.90 Å². The lowest BCUT2D eigenvalue weighted by Crippen LogP contribution is -2.40. The van der Waals surface area contributed by atoms with E-state index in [0.29, 0.717) is 12.8 Å². The van der Waals surface area contributed by atoms with Gasteiger partial charge in [-0.3, -0.25) is 9.59 Å². The maximum absolute atomic E-state index is 12.3. The van der Waals surface area contributed by atoms with Crippen molar-refractivity contribution in [3.63, 3.8) is 0 Å². The van der Waals surface area contributed by atoms with Crippen LogP contribution in [0.15, 0.2) is 46.9 Å². The van der Waals surface area contributed by atoms with E-state index in [1.165, 1.54) is 0 Å². The van der Waals surface area contributed by atoms with Gasteiger partial charge in [0.1, 0.15) is 6.54 Å². The number of rotatable bonds is 3. The van der Waals surface area contributed by atoms with E-state index in [1.807, 2.05) is 49.4 Å². The molecule has 4 nitrogen and oxygen atoms in total. The second-order valence-corrected chi connectivity index (χ2v) is 6.58. The lowest BCUT2D eigenvalue weighted by molar-refractivity contribution is -0.121. The minimum Gasteiger partial charge on any atom is -0.325 e. The number of hydrogen-bond acceptors (Lipinski definition) is 2. The van der Waals surface area contributed by atoms with Crippen molar-refractivity contribution in [1.29, 1.82) is 0 Å². The molecule has 23 heavy (non-hydrogen) atoms. The Kier molecular flexibility index (Phi) is 4.48. The fraction of sp³-hybridized carbons (Fsp3) is 0.222. The molecule has 0 bridgehead atoms. The molecule has 2 amide bonds. The van der Waals surface area contributed by atoms with E-state index < -0.39 is 0 Å². The van der Waals surface area contributed by atoms with Crippen LogP contribution in [0.25, 0.3) is 0 Å². The SMILES string of the molecule is Cc1ccc(NC(=O)CN2C(=O)CCc3cc(Br)ccc32)cc1. The van der Waals surface area contributed by atoms with Crippen LogP contribution in [0.5, 0.6) is 0 Å². The van der Waals surface area contributed by atoms with Gasteiger partial charge in [0.15, 0.2) is 0 Å². The molecule has 118 valence electrons. The second-order valence-electron chi connectivity index (χ2n) is 5.67. The standard InChI is InChI=1S/C18H17BrN2O2/c1-12-2-6-15(7-3-12)20-17(22)11-21-16-8-5-14(19)10-13(16)4-9-18(21)23/h2-3,5-8,10H,4,9,11H2,1H3,(H,20,22). The Labute approximate surface area is 143 Å². The molecule has 3 rings (SSSR count). The molecule has 2 aromatic rings. The summed E-state index contributed by atoms with van der Waals surface area (Å²) in [5.74, 6) is -0.211. The minimum atomic E-state index is -0.196. The third-order valence-electron chi connectivity index (χ3n) is 3.88. The highest BCUT2D eigenvalue weighted by Crippen LogP contribution is 2.30. The molecule has 0 aromatic heterocycles. The van der Waals surface area contributed by atoms with Crippen LogP contribution in [0, 0.1) is 6.92 Å². The van der Waals surface area contributed by atoms with Gasteiger partial charge < -0.3 is 10.2 Å². The first-order valence-corrected chi connectivity index (χ1v) is 8.27. The fourth-order valence-electron chi connectivity index (χ4n) is 2.68. The maximum atomic E-state index is 12.3. The summed E-state index contributed by atoms with van der Waals surface area (Å²) in [6, 6.07) is 13.4. The van der Waals surface area contributed by atoms with Gasteiger partial charge in [-0.05, 0) is 49.2 Å². The van der Waals surface area contributed by atoms with Gasteiger partial charge in [0, 0.05) is 22.3 Å². The van der Waals surface area contributed by atoms with Crippen molar-refractivity contribution in [2.24, 2.45) is 0 Å². The van der Waals surface area contributed by atoms with Crippen molar-refractivity contribution in [2.75, 3.05) is 16.8 Å². The summed E-state index contributed by atoms with van der Waals surface area (Å²) in [4.78, 5) is 26.0. The number of benzene rings is 2. The Morgan fingerprint density at radius 1 is 1.17 bits per heavy atom. The summed E-state index contributed by atoms with van der Waals surface area (Å²) >= 11 is 3.44. The lowest BCUT2D eigenvalue weighted by Gasteiger charge is -2.29. The number of hydrogen-bond donors (Lipinski definition) is 1. The van der Waals surface area contributed by atoms with Gasteiger partial charge >= 0.3 is 0 Å². The molecule has 0 fully saturated rings. The van der Waals surface area contributed by atoms with Crippen LogP contribution in [0.2, 0.25) is 0 Å². The molecule has 0 spiro atoms. The van der Waals surface area contributed by atoms with Gasteiger partial charge in [-0.25, -0.2) is 0 Å². The Bertz CT molecular complexity index is 756. The molecule has 1 N–H and O–H groups in total. The average Bonchev–Trinajstić information content (AvgIpc) is 2.52. The Morgan fingerprint density at radius 2 is 1.91 bits per heavy atom. The predicted molar refractivity (Wildman–Crippen MR) is 94.6 cm³/mol. The first-order chi connectivity index (χ1) is 11.0. The van der Waals surface area contributed by atoms with Gasteiger partial charge in [-0.2, -0.15) is 0 Å². The Hall–Kier alpha value is -2.14. The monoisotopic (exact) mass is 372 g/mol. The number of halogens is 1. The summed E-state index contributed by atoms with van der Waals surface area (Å²) in [6.45, 7) is 2.02. The van der Waals surface area contributed by atoms with Crippen molar-refractivity contribution in [3.05, 3.63) is 58.1 Å². The predicted octanol–water partition coefficient (Wildman–Crippen LogP) is 3.68. The highest BCUT2D eigenvalue weighted by atomic mass is 79.9. The van der Waals surface area contributed by atoms with Gasteiger partial charge in [0.05, 0.1) is 0 Å². The molecular weight excluding hydrogens is 356 g/mol. The molecule has 0 radical (unpaired) electrons. The third-order valence-corrected chi connectivity index (χ3v) is 4.37. The molecule has 0 saturated heterocycles. The van der Waals surface area contributed by atoms with Crippen molar-refractivity contribution < 1.29 is 9.59 Å². The molecular formula is C18H17BrN2O2. The Balaban J connectivity index is 1.75. The number of amides is 2. The normalized spacial score (nSPS) is 13.7. The van der Waals surface area contributed by atoms with Gasteiger partial charge in [-0.1, -0.05) is 33.6 Å². The second kappa shape index (κ2) is 6.54. The molecule has 1 aliphatic rings. The number of anilines is 2. The summed E-state index contributed by atoms with van der Waals surface area (Å²) in [6.07, 6.45) is 1.14. The minimum absolute atomic E-state index is 0.0149. The zero-order chi connectivity index (χ0) is 16.4. The molecule has 0 aliphatic carbocycles. The smallest absolute Gasteiger partial charge is 0.244 e. The number of nitrogens with one attached hydrogen (secondary N) is 1. The molecule has 5 heteroatoms. The van der Waals surface area contributed by atoms with Crippen LogP contribution in [-0.4, -0.2) is 18.4 Å². The van der Waals surface area contributed by atoms with Crippen LogP contribution in [0.4, 0.5) is 11.4 Å². The lowest BCUT2D eigenvalue weighted by atomic mass is 10.0. The Morgan fingerprint density at radius 3 is 2.65 bits per heavy atom. The molecule has 1 aliphatic heterocycles. The van der Waals surface area contributed by atoms with Crippen LogP contribution < -0.4 is 10.2 Å². The van der Waals surface area contributed by atoms with E-state index in [9.17, 15) is 9.59 Å². The molecule has 1 heterocycles. The van der Waals surface area contributed by atoms with Crippen LogP contribution in [0.1, 0.15) is 17.5 Å². The van der Waals surface area contributed by atoms with Crippen molar-refractivity contribution in [2.45, 2.75) is 19.8 Å². The van der Waals surface area contributed by atoms with E-state index >= 15 is 0 Å². The maximum Gasteiger partial charge on any atom is 0.244 e. The topological polar surface area (TPSA) is 49.4 Å². The van der Waals surface area contributed by atoms with E-state index in [0.717, 1.165) is 27.0 Å². The zero-order valence-electron chi connectivity index (χ0n) is 12.8. The molecule has 0 atom stereocenters. The molecule has 0 saturated carbocycles. The number of nitrogens with zero attached hydrogens (tertiary/aromatic N) is 1. The van der Waals surface area contributed by atoms with E-state index in [-0.39, 0.29) is 18.4 Å². The molecule has 2 aromatic carbocycles. The number of aryl methyl sites for hydroxylation is 2. The number of fused-ring (bicyclic) bond motifs is 1. The zero-order valence-corrected chi connectivity index (χ0v) is 14.4. The van der Waals surface area contributed by atoms with Crippen LogP contribution in [0.3, 0.4) is 0 Å². The van der Waals surface area contributed by atoms with Crippen molar-refractivity contribution >= 4 is 39.1 Å². The van der Waals surface area contributed by atoms with Gasteiger partial charge in [0.2, 0.25) is 11.8 Å². The summed E-state index contributed by atoms with van der Waals surface area (Å²) in [7, 11) is 0. The number of carbonyl (C=O) groups excluding carboxylic acids is 2. The van der Waals surface area contributed by atoms with Crippen LogP contribution >= 0.6 is 15.9 Å². The number of carbonyl (C=O) groups is 2. The van der Waals surface area contributed by atoms with E-state index in [4.69, 9.17) is 0 Å². The first-order valence-electron chi connectivity index (χ1n) is 7.48. The summed E-state index contributed by atoms with van der Waals surface area (Å²) in [5, 5.41) is 2.84. The first kappa shape index (κ1) is 15.7. The third kappa shape index (κ3) is 3.62. The highest BCUT2D eigenvalue weighted by Gasteiger charge is 2.26. The summed E-state index contributed by atoms with van der Waals surface area (Å²) in [5.41, 5.74) is 3.78. The van der Waals surface area contributed by atoms with Crippen LogP contribution in [-0.2, 0) is 16.0 Å². The average molecular weight is 373 g/mol. The van der Waals surface area contributed by atoms with Crippen molar-refractivity contribution in [3.8, 4) is 0 Å². The van der Waals surface area contributed by atoms with E-state index in [2.05, 4.69) is 21.2 Å². The van der Waals surface area contributed by atoms with Gasteiger partial charge in [-0.15, -0.1) is 0 Å². The fourth-order valence-corrected chi connectivity index (χ4v) is 3.09.